The molecule has 2 saturated heterocycles. The maximum atomic E-state index is 12.9. The molecule has 2 atom stereocenters. The standard InChI is InChI=1S/C26H34F2N4O3/c1-17(2)24-29-25(35-30-24)31-10-7-19(8-11-31)22-14-20(22)9-12-34-21-5-3-18(4-6-21)13-23(33)32-15-26(27,28)16-32/h3-6,17,19-20,22H,7-16H2,1-2H3. The van der Waals surface area contributed by atoms with Crippen LogP contribution in [0.5, 0.6) is 5.75 Å². The first-order chi connectivity index (χ1) is 16.8. The normalized spacial score (nSPS) is 23.9. The van der Waals surface area contributed by atoms with Crippen LogP contribution in [0.2, 0.25) is 0 Å². The third kappa shape index (κ3) is 5.76. The van der Waals surface area contributed by atoms with Crippen molar-refractivity contribution in [3.05, 3.63) is 35.7 Å². The van der Waals surface area contributed by atoms with Gasteiger partial charge in [0.15, 0.2) is 5.82 Å². The van der Waals surface area contributed by atoms with Crippen molar-refractivity contribution in [3.8, 4) is 5.75 Å². The Morgan fingerprint density at radius 2 is 1.91 bits per heavy atom. The average Bonchev–Trinajstić information content (AvgIpc) is 3.41. The minimum absolute atomic E-state index is 0.143. The van der Waals surface area contributed by atoms with Crippen LogP contribution in [0.25, 0.3) is 0 Å². The van der Waals surface area contributed by atoms with E-state index < -0.39 is 19.0 Å². The monoisotopic (exact) mass is 488 g/mol. The number of benzene rings is 1. The summed E-state index contributed by atoms with van der Waals surface area (Å²) in [4.78, 5) is 20.0. The van der Waals surface area contributed by atoms with Crippen molar-refractivity contribution >= 4 is 11.9 Å². The molecule has 1 aliphatic carbocycles. The number of piperidine rings is 1. The van der Waals surface area contributed by atoms with E-state index in [1.54, 1.807) is 0 Å². The van der Waals surface area contributed by atoms with E-state index in [-0.39, 0.29) is 18.2 Å². The van der Waals surface area contributed by atoms with Crippen molar-refractivity contribution in [1.82, 2.24) is 15.0 Å². The summed E-state index contributed by atoms with van der Waals surface area (Å²) in [5.41, 5.74) is 0.812. The molecule has 0 spiro atoms. The van der Waals surface area contributed by atoms with Crippen LogP contribution in [-0.4, -0.2) is 59.7 Å². The lowest BCUT2D eigenvalue weighted by Gasteiger charge is -2.38. The van der Waals surface area contributed by atoms with Crippen LogP contribution < -0.4 is 9.64 Å². The summed E-state index contributed by atoms with van der Waals surface area (Å²) in [6.07, 6.45) is 4.80. The molecule has 1 amide bonds. The summed E-state index contributed by atoms with van der Waals surface area (Å²) in [7, 11) is 0. The molecule has 0 N–H and O–H groups in total. The summed E-state index contributed by atoms with van der Waals surface area (Å²) in [6.45, 7) is 5.83. The largest absolute Gasteiger partial charge is 0.494 e. The van der Waals surface area contributed by atoms with Crippen LogP contribution in [-0.2, 0) is 11.2 Å². The Balaban J connectivity index is 0.986. The smallest absolute Gasteiger partial charge is 0.324 e. The fourth-order valence-corrected chi connectivity index (χ4v) is 5.30. The van der Waals surface area contributed by atoms with Gasteiger partial charge in [0, 0.05) is 19.0 Å². The highest BCUT2D eigenvalue weighted by atomic mass is 19.3. The summed E-state index contributed by atoms with van der Waals surface area (Å²) in [5.74, 6) is 1.12. The molecule has 3 heterocycles. The molecule has 5 rings (SSSR count). The SMILES string of the molecule is CC(C)c1noc(N2CCC(C3CC3CCOc3ccc(CC(=O)N4CC(F)(F)C4)cc3)CC2)n1. The van der Waals surface area contributed by atoms with Gasteiger partial charge in [-0.25, -0.2) is 8.78 Å². The number of anilines is 1. The van der Waals surface area contributed by atoms with E-state index in [9.17, 15) is 13.6 Å². The number of carbonyl (C=O) groups excluding carboxylic acids is 1. The maximum Gasteiger partial charge on any atom is 0.324 e. The van der Waals surface area contributed by atoms with Crippen LogP contribution in [0.15, 0.2) is 28.8 Å². The van der Waals surface area contributed by atoms with Crippen LogP contribution >= 0.6 is 0 Å². The number of likely N-dealkylation sites (tertiary alicyclic amines) is 1. The van der Waals surface area contributed by atoms with Gasteiger partial charge in [-0.2, -0.15) is 4.98 Å². The third-order valence-corrected chi connectivity index (χ3v) is 7.57. The van der Waals surface area contributed by atoms with Crippen LogP contribution in [0.4, 0.5) is 14.8 Å². The number of hydrogen-bond donors (Lipinski definition) is 0. The van der Waals surface area contributed by atoms with Crippen molar-refractivity contribution in [2.75, 3.05) is 37.7 Å². The van der Waals surface area contributed by atoms with E-state index >= 15 is 0 Å². The minimum atomic E-state index is -2.72. The topological polar surface area (TPSA) is 71.7 Å². The summed E-state index contributed by atoms with van der Waals surface area (Å²) >= 11 is 0. The summed E-state index contributed by atoms with van der Waals surface area (Å²) in [6, 6.07) is 8.05. The van der Waals surface area contributed by atoms with Gasteiger partial charge in [0.05, 0.1) is 26.1 Å². The molecule has 9 heteroatoms. The Kier molecular flexibility index (Phi) is 6.68. The average molecular weight is 489 g/mol. The number of nitrogens with zero attached hydrogens (tertiary/aromatic N) is 4. The highest BCUT2D eigenvalue weighted by molar-refractivity contribution is 5.79. The molecule has 0 radical (unpaired) electrons. The fraction of sp³-hybridized carbons (Fsp3) is 0.654. The lowest BCUT2D eigenvalue weighted by molar-refractivity contribution is -0.165. The van der Waals surface area contributed by atoms with Gasteiger partial charge in [-0.15, -0.1) is 0 Å². The van der Waals surface area contributed by atoms with Gasteiger partial charge in [-0.05, 0) is 61.1 Å². The molecule has 2 aromatic rings. The van der Waals surface area contributed by atoms with Crippen molar-refractivity contribution in [1.29, 1.82) is 0 Å². The van der Waals surface area contributed by atoms with Gasteiger partial charge in [0.1, 0.15) is 5.75 Å². The Morgan fingerprint density at radius 3 is 2.54 bits per heavy atom. The second-order valence-corrected chi connectivity index (χ2v) is 10.6. The highest BCUT2D eigenvalue weighted by Gasteiger charge is 2.46. The molecule has 2 aliphatic heterocycles. The first kappa shape index (κ1) is 24.0. The van der Waals surface area contributed by atoms with Crippen molar-refractivity contribution in [3.63, 3.8) is 0 Å². The Labute approximate surface area is 204 Å². The molecule has 1 aromatic carbocycles. The Bertz CT molecular complexity index is 1010. The zero-order valence-corrected chi connectivity index (χ0v) is 20.5. The van der Waals surface area contributed by atoms with Gasteiger partial charge < -0.3 is 19.1 Å². The summed E-state index contributed by atoms with van der Waals surface area (Å²) < 4.78 is 37.2. The zero-order valence-electron chi connectivity index (χ0n) is 20.5. The molecule has 35 heavy (non-hydrogen) atoms. The number of carbonyl (C=O) groups is 1. The van der Waals surface area contributed by atoms with Crippen LogP contribution in [0.3, 0.4) is 0 Å². The van der Waals surface area contributed by atoms with E-state index in [4.69, 9.17) is 9.26 Å². The highest BCUT2D eigenvalue weighted by Crippen LogP contribution is 2.50. The molecular weight excluding hydrogens is 454 g/mol. The van der Waals surface area contributed by atoms with E-state index in [0.717, 1.165) is 67.2 Å². The van der Waals surface area contributed by atoms with E-state index in [1.807, 2.05) is 24.3 Å². The molecule has 190 valence electrons. The number of halogens is 2. The van der Waals surface area contributed by atoms with Gasteiger partial charge in [-0.1, -0.05) is 31.1 Å². The Hall–Kier alpha value is -2.71. The van der Waals surface area contributed by atoms with Gasteiger partial charge >= 0.3 is 6.01 Å². The van der Waals surface area contributed by atoms with Gasteiger partial charge in [-0.3, -0.25) is 4.79 Å². The second kappa shape index (κ2) is 9.74. The number of rotatable bonds is 9. The number of ether oxygens (including phenoxy) is 1. The molecule has 1 saturated carbocycles. The minimum Gasteiger partial charge on any atom is -0.494 e. The number of aromatic nitrogens is 2. The lowest BCUT2D eigenvalue weighted by Crippen LogP contribution is -2.58. The molecule has 7 nitrogen and oxygen atoms in total. The van der Waals surface area contributed by atoms with Crippen LogP contribution in [0.1, 0.15) is 56.8 Å². The zero-order chi connectivity index (χ0) is 24.6. The predicted molar refractivity (Wildman–Crippen MR) is 127 cm³/mol. The first-order valence-electron chi connectivity index (χ1n) is 12.7. The predicted octanol–water partition coefficient (Wildman–Crippen LogP) is 4.53. The number of hydrogen-bond acceptors (Lipinski definition) is 6. The summed E-state index contributed by atoms with van der Waals surface area (Å²) in [5, 5.41) is 4.08. The van der Waals surface area contributed by atoms with Crippen molar-refractivity contribution < 1.29 is 22.8 Å². The fourth-order valence-electron chi connectivity index (χ4n) is 5.30. The second-order valence-electron chi connectivity index (χ2n) is 10.6. The maximum absolute atomic E-state index is 12.9. The quantitative estimate of drug-likeness (QED) is 0.516. The first-order valence-corrected chi connectivity index (χ1v) is 12.7. The molecular formula is C26H34F2N4O3. The molecule has 1 aromatic heterocycles. The molecule has 3 aliphatic rings. The number of amides is 1. The molecule has 2 unspecified atom stereocenters. The van der Waals surface area contributed by atoms with E-state index in [2.05, 4.69) is 28.9 Å². The van der Waals surface area contributed by atoms with Crippen molar-refractivity contribution in [2.45, 2.75) is 57.8 Å². The Morgan fingerprint density at radius 1 is 1.20 bits per heavy atom. The molecule has 0 bridgehead atoms. The van der Waals surface area contributed by atoms with E-state index in [1.165, 1.54) is 11.3 Å². The van der Waals surface area contributed by atoms with E-state index in [0.29, 0.717) is 12.6 Å². The number of alkyl halides is 2. The lowest BCUT2D eigenvalue weighted by atomic mass is 9.90. The third-order valence-electron chi connectivity index (χ3n) is 7.57. The van der Waals surface area contributed by atoms with Crippen LogP contribution in [0, 0.1) is 17.8 Å². The van der Waals surface area contributed by atoms with Crippen molar-refractivity contribution in [2.24, 2.45) is 17.8 Å². The molecule has 3 fully saturated rings. The van der Waals surface area contributed by atoms with Gasteiger partial charge in [0.25, 0.3) is 5.92 Å². The van der Waals surface area contributed by atoms with Gasteiger partial charge in [0.2, 0.25) is 5.91 Å².